The summed E-state index contributed by atoms with van der Waals surface area (Å²) in [5.41, 5.74) is 1.65. The maximum Gasteiger partial charge on any atom is 0.259 e. The highest BCUT2D eigenvalue weighted by molar-refractivity contribution is 6.30. The van der Waals surface area contributed by atoms with Crippen molar-refractivity contribution in [2.75, 3.05) is 19.5 Å². The Morgan fingerprint density at radius 1 is 1.26 bits per heavy atom. The monoisotopic (exact) mass is 333 g/mol. The van der Waals surface area contributed by atoms with E-state index in [9.17, 15) is 9.59 Å². The normalized spacial score (nSPS) is 10.1. The van der Waals surface area contributed by atoms with Crippen LogP contribution >= 0.6 is 11.6 Å². The number of anilines is 1. The smallest absolute Gasteiger partial charge is 0.259 e. The fourth-order valence-electron chi connectivity index (χ4n) is 2.14. The Kier molecular flexibility index (Phi) is 5.18. The van der Waals surface area contributed by atoms with Gasteiger partial charge in [-0.3, -0.25) is 9.59 Å². The van der Waals surface area contributed by atoms with Gasteiger partial charge in [0.15, 0.2) is 0 Å². The van der Waals surface area contributed by atoms with Crippen molar-refractivity contribution in [1.29, 1.82) is 0 Å². The minimum atomic E-state index is -0.396. The molecule has 2 amide bonds. The quantitative estimate of drug-likeness (QED) is 0.843. The number of halogens is 1. The standard InChI is InChI=1S/C16H16ClN3O3/c1-9-5-4-6-12(23-3)14(9)16(22)20-11-7-13(17)19-8-10(11)15(21)18-2/h4-8H,1-3H3,(H,18,21)(H,19,20,22). The lowest BCUT2D eigenvalue weighted by Gasteiger charge is -2.14. The molecule has 2 rings (SSSR count). The minimum absolute atomic E-state index is 0.171. The third-order valence-corrected chi connectivity index (χ3v) is 3.48. The molecule has 0 saturated carbocycles. The molecule has 0 saturated heterocycles. The van der Waals surface area contributed by atoms with Gasteiger partial charge in [0.1, 0.15) is 10.9 Å². The van der Waals surface area contributed by atoms with Gasteiger partial charge in [-0.1, -0.05) is 23.7 Å². The zero-order valence-corrected chi connectivity index (χ0v) is 13.7. The molecule has 120 valence electrons. The van der Waals surface area contributed by atoms with E-state index in [1.54, 1.807) is 25.1 Å². The van der Waals surface area contributed by atoms with Gasteiger partial charge in [-0.2, -0.15) is 0 Å². The van der Waals surface area contributed by atoms with Gasteiger partial charge in [0.05, 0.1) is 23.9 Å². The number of aromatic nitrogens is 1. The van der Waals surface area contributed by atoms with Gasteiger partial charge in [0.25, 0.3) is 11.8 Å². The maximum atomic E-state index is 12.6. The number of benzene rings is 1. The van der Waals surface area contributed by atoms with Crippen molar-refractivity contribution >= 4 is 29.1 Å². The first-order valence-electron chi connectivity index (χ1n) is 6.80. The largest absolute Gasteiger partial charge is 0.496 e. The number of nitrogens with zero attached hydrogens (tertiary/aromatic N) is 1. The Bertz CT molecular complexity index is 762. The molecule has 0 aliphatic heterocycles. The lowest BCUT2D eigenvalue weighted by atomic mass is 10.1. The summed E-state index contributed by atoms with van der Waals surface area (Å²) in [5.74, 6) is -0.322. The van der Waals surface area contributed by atoms with Crippen LogP contribution in [0.1, 0.15) is 26.3 Å². The molecular weight excluding hydrogens is 318 g/mol. The average Bonchev–Trinajstić information content (AvgIpc) is 2.53. The van der Waals surface area contributed by atoms with Crippen molar-refractivity contribution < 1.29 is 14.3 Å². The summed E-state index contributed by atoms with van der Waals surface area (Å²) in [7, 11) is 2.98. The lowest BCUT2D eigenvalue weighted by Crippen LogP contribution is -2.22. The molecule has 0 aliphatic rings. The number of rotatable bonds is 4. The molecule has 0 radical (unpaired) electrons. The number of ether oxygens (including phenoxy) is 1. The zero-order chi connectivity index (χ0) is 17.0. The van der Waals surface area contributed by atoms with Gasteiger partial charge in [-0.05, 0) is 24.6 Å². The van der Waals surface area contributed by atoms with Crippen molar-refractivity contribution in [2.24, 2.45) is 0 Å². The predicted octanol–water partition coefficient (Wildman–Crippen LogP) is 2.66. The molecule has 0 bridgehead atoms. The number of methoxy groups -OCH3 is 1. The predicted molar refractivity (Wildman–Crippen MR) is 88.3 cm³/mol. The molecule has 1 heterocycles. The van der Waals surface area contributed by atoms with Gasteiger partial charge >= 0.3 is 0 Å². The van der Waals surface area contributed by atoms with Crippen LogP contribution in [0.15, 0.2) is 30.5 Å². The Labute approximate surface area is 138 Å². The molecule has 2 aromatic rings. The topological polar surface area (TPSA) is 80.3 Å². The minimum Gasteiger partial charge on any atom is -0.496 e. The van der Waals surface area contributed by atoms with Gasteiger partial charge in [0.2, 0.25) is 0 Å². The highest BCUT2D eigenvalue weighted by atomic mass is 35.5. The first-order chi connectivity index (χ1) is 11.0. The fraction of sp³-hybridized carbons (Fsp3) is 0.188. The van der Waals surface area contributed by atoms with E-state index < -0.39 is 5.91 Å². The molecule has 23 heavy (non-hydrogen) atoms. The highest BCUT2D eigenvalue weighted by Crippen LogP contribution is 2.25. The summed E-state index contributed by atoms with van der Waals surface area (Å²) in [5, 5.41) is 5.36. The van der Waals surface area contributed by atoms with Crippen molar-refractivity contribution in [1.82, 2.24) is 10.3 Å². The molecule has 1 aromatic heterocycles. The van der Waals surface area contributed by atoms with E-state index in [2.05, 4.69) is 15.6 Å². The first-order valence-corrected chi connectivity index (χ1v) is 7.18. The second-order valence-electron chi connectivity index (χ2n) is 4.74. The van der Waals surface area contributed by atoms with Crippen LogP contribution in [-0.4, -0.2) is 31.0 Å². The molecule has 0 spiro atoms. The van der Waals surface area contributed by atoms with Crippen molar-refractivity contribution in [3.8, 4) is 5.75 Å². The van der Waals surface area contributed by atoms with Gasteiger partial charge in [-0.25, -0.2) is 4.98 Å². The van der Waals surface area contributed by atoms with Gasteiger partial charge in [-0.15, -0.1) is 0 Å². The summed E-state index contributed by atoms with van der Waals surface area (Å²) < 4.78 is 5.23. The molecule has 6 nitrogen and oxygen atoms in total. The molecule has 0 fully saturated rings. The summed E-state index contributed by atoms with van der Waals surface area (Å²) in [6.07, 6.45) is 1.31. The lowest BCUT2D eigenvalue weighted by molar-refractivity contribution is 0.0963. The summed E-state index contributed by atoms with van der Waals surface area (Å²) in [4.78, 5) is 28.4. The van der Waals surface area contributed by atoms with Crippen molar-refractivity contribution in [3.05, 3.63) is 52.3 Å². The van der Waals surface area contributed by atoms with Crippen LogP contribution in [0.4, 0.5) is 5.69 Å². The Balaban J connectivity index is 2.42. The van der Waals surface area contributed by atoms with E-state index in [0.717, 1.165) is 5.56 Å². The number of amides is 2. The van der Waals surface area contributed by atoms with Crippen LogP contribution in [0.25, 0.3) is 0 Å². The number of carbonyl (C=O) groups excluding carboxylic acids is 2. The van der Waals surface area contributed by atoms with Crippen molar-refractivity contribution in [2.45, 2.75) is 6.92 Å². The van der Waals surface area contributed by atoms with E-state index in [0.29, 0.717) is 11.3 Å². The Morgan fingerprint density at radius 2 is 2.00 bits per heavy atom. The number of carbonyl (C=O) groups is 2. The third-order valence-electron chi connectivity index (χ3n) is 3.27. The number of hydrogen-bond acceptors (Lipinski definition) is 4. The van der Waals surface area contributed by atoms with Crippen LogP contribution < -0.4 is 15.4 Å². The molecular formula is C16H16ClN3O3. The highest BCUT2D eigenvalue weighted by Gasteiger charge is 2.19. The third kappa shape index (κ3) is 3.60. The van der Waals surface area contributed by atoms with E-state index in [1.807, 2.05) is 0 Å². The van der Waals surface area contributed by atoms with Crippen LogP contribution in [-0.2, 0) is 0 Å². The van der Waals surface area contributed by atoms with Gasteiger partial charge < -0.3 is 15.4 Å². The zero-order valence-electron chi connectivity index (χ0n) is 12.9. The SMILES string of the molecule is CNC(=O)c1cnc(Cl)cc1NC(=O)c1c(C)cccc1OC. The molecule has 0 atom stereocenters. The second kappa shape index (κ2) is 7.11. The van der Waals surface area contributed by atoms with E-state index >= 15 is 0 Å². The molecule has 7 heteroatoms. The number of pyridine rings is 1. The summed E-state index contributed by atoms with van der Waals surface area (Å²) in [6, 6.07) is 6.72. The van der Waals surface area contributed by atoms with Crippen LogP contribution in [0, 0.1) is 6.92 Å². The second-order valence-corrected chi connectivity index (χ2v) is 5.13. The number of nitrogens with one attached hydrogen (secondary N) is 2. The molecule has 2 N–H and O–H groups in total. The van der Waals surface area contributed by atoms with E-state index in [4.69, 9.17) is 16.3 Å². The van der Waals surface area contributed by atoms with E-state index in [1.165, 1.54) is 26.4 Å². The maximum absolute atomic E-state index is 12.6. The Morgan fingerprint density at radius 3 is 2.65 bits per heavy atom. The summed E-state index contributed by atoms with van der Waals surface area (Å²) >= 11 is 5.87. The number of aryl methyl sites for hydroxylation is 1. The first kappa shape index (κ1) is 16.8. The van der Waals surface area contributed by atoms with Crippen LogP contribution in [0.2, 0.25) is 5.15 Å². The summed E-state index contributed by atoms with van der Waals surface area (Å²) in [6.45, 7) is 1.80. The Hall–Kier alpha value is -2.60. The van der Waals surface area contributed by atoms with E-state index in [-0.39, 0.29) is 22.3 Å². The molecule has 1 aromatic carbocycles. The molecule has 0 aliphatic carbocycles. The molecule has 0 unspecified atom stereocenters. The van der Waals surface area contributed by atoms with Crippen molar-refractivity contribution in [3.63, 3.8) is 0 Å². The fourth-order valence-corrected chi connectivity index (χ4v) is 2.29. The van der Waals surface area contributed by atoms with Crippen LogP contribution in [0.3, 0.4) is 0 Å². The van der Waals surface area contributed by atoms with Crippen LogP contribution in [0.5, 0.6) is 5.75 Å². The average molecular weight is 334 g/mol. The van der Waals surface area contributed by atoms with Gasteiger partial charge in [0, 0.05) is 13.2 Å². The number of hydrogen-bond donors (Lipinski definition) is 2.